The molecule has 1 N–H and O–H groups in total. The van der Waals surface area contributed by atoms with Crippen molar-refractivity contribution in [2.45, 2.75) is 57.7 Å². The van der Waals surface area contributed by atoms with Crippen molar-refractivity contribution in [1.29, 1.82) is 0 Å². The Morgan fingerprint density at radius 2 is 1.59 bits per heavy atom. The van der Waals surface area contributed by atoms with Crippen molar-refractivity contribution in [1.82, 2.24) is 15.1 Å². The van der Waals surface area contributed by atoms with Gasteiger partial charge in [0.1, 0.15) is 5.75 Å². The summed E-state index contributed by atoms with van der Waals surface area (Å²) in [7, 11) is 0. The molecule has 2 aliphatic heterocycles. The lowest BCUT2D eigenvalue weighted by atomic mass is 9.95. The first-order valence-electron chi connectivity index (χ1n) is 15.9. The summed E-state index contributed by atoms with van der Waals surface area (Å²) in [5.74, 6) is 0.929. The van der Waals surface area contributed by atoms with Crippen molar-refractivity contribution in [2.75, 3.05) is 44.2 Å². The van der Waals surface area contributed by atoms with E-state index in [0.29, 0.717) is 38.0 Å². The molecule has 3 aromatic carbocycles. The van der Waals surface area contributed by atoms with Crippen LogP contribution >= 0.6 is 12.4 Å². The molecule has 2 amide bonds. The molecule has 0 spiro atoms. The minimum absolute atomic E-state index is 0. The number of hydrogen-bond acceptors (Lipinski definition) is 5. The molecule has 7 nitrogen and oxygen atoms in total. The van der Waals surface area contributed by atoms with Gasteiger partial charge in [-0.3, -0.25) is 9.59 Å². The molecule has 44 heavy (non-hydrogen) atoms. The second-order valence-corrected chi connectivity index (χ2v) is 12.7. The number of rotatable bonds is 9. The summed E-state index contributed by atoms with van der Waals surface area (Å²) in [6.45, 7) is 8.98. The number of hydrogen-bond donors (Lipinski definition) is 1. The van der Waals surface area contributed by atoms with Gasteiger partial charge < -0.3 is 24.8 Å². The first-order valence-corrected chi connectivity index (χ1v) is 15.9. The highest BCUT2D eigenvalue weighted by Crippen LogP contribution is 2.34. The number of halogens is 1. The van der Waals surface area contributed by atoms with Gasteiger partial charge in [-0.05, 0) is 68.4 Å². The van der Waals surface area contributed by atoms with E-state index < -0.39 is 5.60 Å². The van der Waals surface area contributed by atoms with Gasteiger partial charge in [-0.15, -0.1) is 12.4 Å². The molecule has 1 atom stereocenters. The van der Waals surface area contributed by atoms with Gasteiger partial charge in [0.15, 0.2) is 5.60 Å². The fourth-order valence-electron chi connectivity index (χ4n) is 6.38. The molecule has 0 radical (unpaired) electrons. The first kappa shape index (κ1) is 31.9. The van der Waals surface area contributed by atoms with Gasteiger partial charge in [0.2, 0.25) is 5.91 Å². The van der Waals surface area contributed by atoms with E-state index in [1.54, 1.807) is 0 Å². The van der Waals surface area contributed by atoms with E-state index in [1.807, 2.05) is 43.0 Å². The Morgan fingerprint density at radius 3 is 2.30 bits per heavy atom. The van der Waals surface area contributed by atoms with Gasteiger partial charge in [-0.1, -0.05) is 60.7 Å². The second-order valence-electron chi connectivity index (χ2n) is 12.7. The summed E-state index contributed by atoms with van der Waals surface area (Å²) < 4.78 is 6.29. The van der Waals surface area contributed by atoms with E-state index in [1.165, 1.54) is 16.7 Å². The Hall–Kier alpha value is -3.55. The van der Waals surface area contributed by atoms with Crippen molar-refractivity contribution in [3.63, 3.8) is 0 Å². The van der Waals surface area contributed by atoms with Crippen LogP contribution in [-0.4, -0.2) is 72.5 Å². The van der Waals surface area contributed by atoms with E-state index in [2.05, 4.69) is 69.7 Å². The minimum atomic E-state index is -0.958. The number of amides is 2. The van der Waals surface area contributed by atoms with E-state index in [4.69, 9.17) is 4.74 Å². The molecule has 3 aliphatic rings. The molecule has 2 heterocycles. The molecule has 3 fully saturated rings. The minimum Gasteiger partial charge on any atom is -0.478 e. The van der Waals surface area contributed by atoms with Gasteiger partial charge in [-0.25, -0.2) is 0 Å². The summed E-state index contributed by atoms with van der Waals surface area (Å²) in [5.41, 5.74) is 3.65. The van der Waals surface area contributed by atoms with E-state index in [-0.39, 0.29) is 30.1 Å². The fourth-order valence-corrected chi connectivity index (χ4v) is 6.38. The smallest absolute Gasteiger partial charge is 0.266 e. The Balaban J connectivity index is 0.00000384. The number of carbonyl (C=O) groups is 2. The molecule has 1 unspecified atom stereocenters. The maximum absolute atomic E-state index is 14.0. The Labute approximate surface area is 268 Å². The molecule has 1 aliphatic carbocycles. The third-order valence-corrected chi connectivity index (χ3v) is 8.93. The Morgan fingerprint density at radius 1 is 0.886 bits per heavy atom. The predicted molar refractivity (Wildman–Crippen MR) is 178 cm³/mol. The molecule has 8 heteroatoms. The number of benzene rings is 3. The predicted octanol–water partition coefficient (Wildman–Crippen LogP) is 5.77. The number of piperidine rings is 1. The van der Waals surface area contributed by atoms with Gasteiger partial charge in [0.05, 0.1) is 5.92 Å². The van der Waals surface area contributed by atoms with Crippen LogP contribution < -0.4 is 15.0 Å². The number of piperazine rings is 1. The second kappa shape index (κ2) is 14.0. The quantitative estimate of drug-likeness (QED) is 0.331. The zero-order valence-corrected chi connectivity index (χ0v) is 26.7. The van der Waals surface area contributed by atoms with Crippen LogP contribution in [0.1, 0.15) is 45.1 Å². The first-order chi connectivity index (χ1) is 20.9. The number of nitrogens with one attached hydrogen (secondary N) is 1. The van der Waals surface area contributed by atoms with E-state index in [0.717, 1.165) is 51.0 Å². The van der Waals surface area contributed by atoms with Crippen molar-refractivity contribution in [3.05, 3.63) is 84.4 Å². The average Bonchev–Trinajstić information content (AvgIpc) is 3.90. The van der Waals surface area contributed by atoms with E-state index >= 15 is 0 Å². The fraction of sp³-hybridized carbons (Fsp3) is 0.444. The van der Waals surface area contributed by atoms with Crippen molar-refractivity contribution < 1.29 is 14.3 Å². The monoisotopic (exact) mass is 616 g/mol. The SMILES string of the molecule is CC(C)(Oc1cccc(N2CCCC(C(=O)N(Cc3ccc(-c4ccccc4)cc3)C3CC3)C2)c1)C(=O)N1CCNCC1.Cl. The van der Waals surface area contributed by atoms with Crippen LogP contribution in [-0.2, 0) is 16.1 Å². The van der Waals surface area contributed by atoms with Gasteiger partial charge >= 0.3 is 0 Å². The van der Waals surface area contributed by atoms with Crippen LogP contribution in [0.15, 0.2) is 78.9 Å². The number of nitrogens with zero attached hydrogens (tertiary/aromatic N) is 3. The van der Waals surface area contributed by atoms with Crippen LogP contribution in [0.2, 0.25) is 0 Å². The number of ether oxygens (including phenoxy) is 1. The summed E-state index contributed by atoms with van der Waals surface area (Å²) in [6, 6.07) is 27.4. The van der Waals surface area contributed by atoms with Crippen LogP contribution in [0.4, 0.5) is 5.69 Å². The highest BCUT2D eigenvalue weighted by atomic mass is 35.5. The molecule has 1 saturated carbocycles. The molecular formula is C36H45ClN4O3. The van der Waals surface area contributed by atoms with Crippen molar-refractivity contribution >= 4 is 29.9 Å². The molecule has 2 saturated heterocycles. The maximum Gasteiger partial charge on any atom is 0.266 e. The summed E-state index contributed by atoms with van der Waals surface area (Å²) in [5, 5.41) is 3.29. The zero-order chi connectivity index (χ0) is 29.8. The third-order valence-electron chi connectivity index (χ3n) is 8.93. The highest BCUT2D eigenvalue weighted by Gasteiger charge is 2.38. The molecular weight excluding hydrogens is 572 g/mol. The Bertz CT molecular complexity index is 1400. The van der Waals surface area contributed by atoms with Gasteiger partial charge in [0, 0.05) is 63.6 Å². The van der Waals surface area contributed by atoms with Gasteiger partial charge in [-0.2, -0.15) is 0 Å². The molecule has 6 rings (SSSR count). The normalized spacial score (nSPS) is 18.7. The average molecular weight is 617 g/mol. The van der Waals surface area contributed by atoms with Crippen LogP contribution in [0.25, 0.3) is 11.1 Å². The van der Waals surface area contributed by atoms with E-state index in [9.17, 15) is 9.59 Å². The summed E-state index contributed by atoms with van der Waals surface area (Å²) in [4.78, 5) is 33.5. The van der Waals surface area contributed by atoms with Crippen molar-refractivity contribution in [3.8, 4) is 16.9 Å². The largest absolute Gasteiger partial charge is 0.478 e. The number of carbonyl (C=O) groups excluding carboxylic acids is 2. The Kier molecular flexibility index (Phi) is 10.2. The third kappa shape index (κ3) is 7.56. The molecule has 0 aromatic heterocycles. The van der Waals surface area contributed by atoms with Gasteiger partial charge in [0.25, 0.3) is 5.91 Å². The van der Waals surface area contributed by atoms with Crippen LogP contribution in [0.3, 0.4) is 0 Å². The molecule has 3 aromatic rings. The highest BCUT2D eigenvalue weighted by molar-refractivity contribution is 5.85. The summed E-state index contributed by atoms with van der Waals surface area (Å²) >= 11 is 0. The molecule has 234 valence electrons. The summed E-state index contributed by atoms with van der Waals surface area (Å²) in [6.07, 6.45) is 4.06. The van der Waals surface area contributed by atoms with Crippen molar-refractivity contribution in [2.24, 2.45) is 5.92 Å². The van der Waals surface area contributed by atoms with Crippen LogP contribution in [0, 0.1) is 5.92 Å². The van der Waals surface area contributed by atoms with Crippen LogP contribution in [0.5, 0.6) is 5.75 Å². The lowest BCUT2D eigenvalue weighted by molar-refractivity contribution is -0.146. The topological polar surface area (TPSA) is 65.1 Å². The number of anilines is 1. The standard InChI is InChI=1S/C36H44N4O3.ClH/c1-36(2,35(42)38-22-19-37-20-23-38)43-33-12-6-11-32(24-33)39-21-7-10-30(26-39)34(41)40(31-17-18-31)25-27-13-15-29(16-14-27)28-8-4-3-5-9-28;/h3-6,8-9,11-16,24,30-31,37H,7,10,17-23,25-26H2,1-2H3;1H. The maximum atomic E-state index is 14.0. The molecule has 0 bridgehead atoms. The zero-order valence-electron chi connectivity index (χ0n) is 25.9. The lowest BCUT2D eigenvalue weighted by Gasteiger charge is -2.37. The lowest BCUT2D eigenvalue weighted by Crippen LogP contribution is -2.54.